The molecule has 1 aliphatic heterocycles. The maximum atomic E-state index is 5.66. The molecular weight excluding hydrogens is 494 g/mol. The maximum absolute atomic E-state index is 5.66. The highest BCUT2D eigenvalue weighted by atomic mass is 32.1. The van der Waals surface area contributed by atoms with E-state index in [2.05, 4.69) is 77.1 Å². The van der Waals surface area contributed by atoms with E-state index >= 15 is 0 Å². The highest BCUT2D eigenvalue weighted by Crippen LogP contribution is 2.51. The number of H-pyrrole nitrogens is 1. The van der Waals surface area contributed by atoms with Crippen LogP contribution < -0.4 is 0 Å². The second-order valence-corrected chi connectivity index (χ2v) is 12.6. The van der Waals surface area contributed by atoms with Gasteiger partial charge in [0, 0.05) is 40.7 Å². The Hall–Kier alpha value is -3.04. The fraction of sp³-hybridized carbons (Fsp3) is 0.517. The number of aromatic nitrogens is 7. The van der Waals surface area contributed by atoms with E-state index in [1.165, 1.54) is 48.6 Å². The molecule has 8 nitrogen and oxygen atoms in total. The van der Waals surface area contributed by atoms with Crippen LogP contribution in [0.2, 0.25) is 0 Å². The zero-order valence-corrected chi connectivity index (χ0v) is 23.6. The van der Waals surface area contributed by atoms with Crippen LogP contribution in [-0.4, -0.2) is 47.8 Å². The molecule has 1 saturated carbocycles. The Morgan fingerprint density at radius 3 is 2.68 bits per heavy atom. The summed E-state index contributed by atoms with van der Waals surface area (Å²) in [5.41, 5.74) is 9.74. The summed E-state index contributed by atoms with van der Waals surface area (Å²) in [4.78, 5) is 11.1. The fourth-order valence-electron chi connectivity index (χ4n) is 6.53. The Balaban J connectivity index is 1.18. The molecule has 6 heterocycles. The smallest absolute Gasteiger partial charge is 0.158 e. The second kappa shape index (κ2) is 9.02. The third-order valence-electron chi connectivity index (χ3n) is 8.90. The standard InChI is InChI=1S/C29H35N7OS/c1-15(2)24-25-18(5)27(20-9-21(10-20)35-12-23(33-34-35)19-7-6-8-37-13-19)38-29(25)32-26(24)22-11-36-28(30-14-31-36)17(4)16(22)3/h11-12,14-15,19-21,32H,6-10,13H2,1-5H3. The minimum Gasteiger partial charge on any atom is -0.381 e. The van der Waals surface area contributed by atoms with Crippen molar-refractivity contribution in [1.29, 1.82) is 0 Å². The van der Waals surface area contributed by atoms with Crippen LogP contribution >= 0.6 is 11.3 Å². The van der Waals surface area contributed by atoms with Crippen LogP contribution in [0.3, 0.4) is 0 Å². The van der Waals surface area contributed by atoms with E-state index in [4.69, 9.17) is 4.74 Å². The summed E-state index contributed by atoms with van der Waals surface area (Å²) in [6.07, 6.45) is 10.4. The van der Waals surface area contributed by atoms with Gasteiger partial charge in [-0.2, -0.15) is 5.10 Å². The SMILES string of the molecule is Cc1c(-c2[nH]c3sc(C4CC(n5cc(C6CCCOC6)nn5)C4)c(C)c3c2C(C)C)cn2ncnc2c1C. The third kappa shape index (κ3) is 3.66. The Labute approximate surface area is 226 Å². The number of rotatable bonds is 5. The number of nitrogens with zero attached hydrogens (tertiary/aromatic N) is 6. The number of hydrogen-bond acceptors (Lipinski definition) is 6. The molecular formula is C29H35N7OS. The molecule has 0 amide bonds. The van der Waals surface area contributed by atoms with Gasteiger partial charge in [-0.1, -0.05) is 19.1 Å². The molecule has 1 atom stereocenters. The number of nitrogens with one attached hydrogen (secondary N) is 1. The number of ether oxygens (including phenoxy) is 1. The molecule has 0 spiro atoms. The molecule has 9 heteroatoms. The van der Waals surface area contributed by atoms with Crippen molar-refractivity contribution in [2.45, 2.75) is 84.1 Å². The number of fused-ring (bicyclic) bond motifs is 2. The lowest BCUT2D eigenvalue weighted by molar-refractivity contribution is 0.0792. The van der Waals surface area contributed by atoms with E-state index in [0.717, 1.165) is 50.2 Å². The number of hydrogen-bond donors (Lipinski definition) is 1. The monoisotopic (exact) mass is 529 g/mol. The van der Waals surface area contributed by atoms with Gasteiger partial charge in [0.15, 0.2) is 5.65 Å². The quantitative estimate of drug-likeness (QED) is 0.277. The van der Waals surface area contributed by atoms with Gasteiger partial charge in [0.1, 0.15) is 11.2 Å². The van der Waals surface area contributed by atoms with E-state index in [1.807, 2.05) is 15.9 Å². The minimum atomic E-state index is 0.398. The van der Waals surface area contributed by atoms with Crippen LogP contribution in [0.15, 0.2) is 18.7 Å². The van der Waals surface area contributed by atoms with Gasteiger partial charge in [-0.3, -0.25) is 0 Å². The summed E-state index contributed by atoms with van der Waals surface area (Å²) < 4.78 is 9.67. The molecule has 0 radical (unpaired) electrons. The van der Waals surface area contributed by atoms with E-state index < -0.39 is 0 Å². The van der Waals surface area contributed by atoms with Crippen LogP contribution in [0.1, 0.15) is 96.2 Å². The first-order valence-corrected chi connectivity index (χ1v) is 14.7. The average molecular weight is 530 g/mol. The van der Waals surface area contributed by atoms with Gasteiger partial charge in [0.25, 0.3) is 0 Å². The van der Waals surface area contributed by atoms with Crippen LogP contribution in [0, 0.1) is 20.8 Å². The Bertz CT molecular complexity index is 1640. The minimum absolute atomic E-state index is 0.398. The highest BCUT2D eigenvalue weighted by molar-refractivity contribution is 7.19. The summed E-state index contributed by atoms with van der Waals surface area (Å²) in [5.74, 6) is 1.38. The van der Waals surface area contributed by atoms with Crippen molar-refractivity contribution in [2.75, 3.05) is 13.2 Å². The Morgan fingerprint density at radius 1 is 1.08 bits per heavy atom. The molecule has 0 aromatic carbocycles. The van der Waals surface area contributed by atoms with Crippen molar-refractivity contribution in [3.05, 3.63) is 51.5 Å². The van der Waals surface area contributed by atoms with Crippen LogP contribution in [0.5, 0.6) is 0 Å². The van der Waals surface area contributed by atoms with Gasteiger partial charge >= 0.3 is 0 Å². The summed E-state index contributed by atoms with van der Waals surface area (Å²) in [5, 5.41) is 14.9. The average Bonchev–Trinajstić information content (AvgIpc) is 3.67. The van der Waals surface area contributed by atoms with E-state index in [1.54, 1.807) is 6.33 Å². The van der Waals surface area contributed by atoms with Gasteiger partial charge in [-0.25, -0.2) is 14.2 Å². The molecule has 1 aliphatic carbocycles. The third-order valence-corrected chi connectivity index (χ3v) is 10.3. The van der Waals surface area contributed by atoms with Crippen LogP contribution in [0.25, 0.3) is 27.1 Å². The Morgan fingerprint density at radius 2 is 1.92 bits per heavy atom. The molecule has 5 aromatic rings. The lowest BCUT2D eigenvalue weighted by Gasteiger charge is -2.35. The van der Waals surface area contributed by atoms with Gasteiger partial charge in [-0.15, -0.1) is 16.4 Å². The zero-order valence-electron chi connectivity index (χ0n) is 22.8. The lowest BCUT2D eigenvalue weighted by atomic mass is 9.78. The number of aromatic amines is 1. The van der Waals surface area contributed by atoms with Crippen molar-refractivity contribution in [1.82, 2.24) is 34.6 Å². The Kier molecular flexibility index (Phi) is 5.70. The normalized spacial score (nSPS) is 22.1. The fourth-order valence-corrected chi connectivity index (χ4v) is 7.88. The molecule has 0 bridgehead atoms. The van der Waals surface area contributed by atoms with Crippen molar-refractivity contribution in [2.24, 2.45) is 0 Å². The summed E-state index contributed by atoms with van der Waals surface area (Å²) in [6.45, 7) is 12.9. The largest absolute Gasteiger partial charge is 0.381 e. The molecule has 1 N–H and O–H groups in total. The molecule has 1 unspecified atom stereocenters. The predicted molar refractivity (Wildman–Crippen MR) is 150 cm³/mol. The van der Waals surface area contributed by atoms with Crippen LogP contribution in [0.4, 0.5) is 0 Å². The molecule has 198 valence electrons. The van der Waals surface area contributed by atoms with Crippen molar-refractivity contribution in [3.63, 3.8) is 0 Å². The van der Waals surface area contributed by atoms with Crippen molar-refractivity contribution < 1.29 is 4.74 Å². The molecule has 2 fully saturated rings. The number of pyridine rings is 1. The lowest BCUT2D eigenvalue weighted by Crippen LogP contribution is -2.25. The predicted octanol–water partition coefficient (Wildman–Crippen LogP) is 6.59. The highest BCUT2D eigenvalue weighted by Gasteiger charge is 2.36. The topological polar surface area (TPSA) is 85.9 Å². The first-order chi connectivity index (χ1) is 18.4. The number of aryl methyl sites for hydroxylation is 2. The summed E-state index contributed by atoms with van der Waals surface area (Å²) >= 11 is 1.94. The van der Waals surface area contributed by atoms with E-state index in [0.29, 0.717) is 23.8 Å². The van der Waals surface area contributed by atoms with E-state index in [-0.39, 0.29) is 0 Å². The summed E-state index contributed by atoms with van der Waals surface area (Å²) in [7, 11) is 0. The first-order valence-electron chi connectivity index (χ1n) is 13.8. The summed E-state index contributed by atoms with van der Waals surface area (Å²) in [6, 6.07) is 0.436. The molecule has 7 rings (SSSR count). The van der Waals surface area contributed by atoms with Gasteiger partial charge in [0.05, 0.1) is 24.0 Å². The van der Waals surface area contributed by atoms with E-state index in [9.17, 15) is 0 Å². The first kappa shape index (κ1) is 24.0. The number of thiophene rings is 1. The zero-order chi connectivity index (χ0) is 26.1. The second-order valence-electron chi connectivity index (χ2n) is 11.5. The molecule has 2 aliphatic rings. The van der Waals surface area contributed by atoms with Gasteiger partial charge < -0.3 is 9.72 Å². The van der Waals surface area contributed by atoms with Crippen molar-refractivity contribution >= 4 is 27.2 Å². The van der Waals surface area contributed by atoms with Crippen molar-refractivity contribution in [3.8, 4) is 11.3 Å². The van der Waals surface area contributed by atoms with Gasteiger partial charge in [-0.05, 0) is 80.5 Å². The molecule has 38 heavy (non-hydrogen) atoms. The van der Waals surface area contributed by atoms with Crippen LogP contribution in [-0.2, 0) is 4.74 Å². The molecule has 1 saturated heterocycles. The van der Waals surface area contributed by atoms with Gasteiger partial charge in [0.2, 0.25) is 0 Å². The molecule has 5 aromatic heterocycles. The maximum Gasteiger partial charge on any atom is 0.158 e.